The van der Waals surface area contributed by atoms with Crippen LogP contribution in [0.25, 0.3) is 0 Å². The molecule has 1 amide bonds. The Labute approximate surface area is 105 Å². The number of nitrogens with one attached hydrogen (secondary N) is 2. The first-order chi connectivity index (χ1) is 8.40. The Hall–Kier alpha value is -1.89. The van der Waals surface area contributed by atoms with Gasteiger partial charge in [-0.25, -0.2) is 4.79 Å². The molecule has 7 heteroatoms. The van der Waals surface area contributed by atoms with Crippen molar-refractivity contribution in [3.63, 3.8) is 0 Å². The standard InChI is InChI=1S/C11H18N4O3/c1-7-9(6-15(3)14-7)4-12-5-10(11(17)18)13-8(2)16/h6,10,12H,4-5H2,1-3H3,(H,13,16)(H,17,18). The van der Waals surface area contributed by atoms with Gasteiger partial charge in [0.2, 0.25) is 5.91 Å². The molecule has 1 rings (SSSR count). The maximum atomic E-state index is 10.9. The summed E-state index contributed by atoms with van der Waals surface area (Å²) in [6.07, 6.45) is 1.87. The molecule has 1 heterocycles. The summed E-state index contributed by atoms with van der Waals surface area (Å²) in [4.78, 5) is 21.7. The number of carbonyl (C=O) groups is 2. The fraction of sp³-hybridized carbons (Fsp3) is 0.545. The second kappa shape index (κ2) is 6.15. The van der Waals surface area contributed by atoms with Gasteiger partial charge in [0.1, 0.15) is 6.04 Å². The average molecular weight is 254 g/mol. The number of rotatable bonds is 6. The molecular weight excluding hydrogens is 236 g/mol. The van der Waals surface area contributed by atoms with Gasteiger partial charge in [-0.1, -0.05) is 0 Å². The molecule has 0 aromatic carbocycles. The number of aryl methyl sites for hydroxylation is 2. The Morgan fingerprint density at radius 2 is 2.22 bits per heavy atom. The fourth-order valence-electron chi connectivity index (χ4n) is 1.62. The number of hydrogen-bond acceptors (Lipinski definition) is 4. The lowest BCUT2D eigenvalue weighted by Gasteiger charge is -2.13. The van der Waals surface area contributed by atoms with Crippen LogP contribution in [0, 0.1) is 6.92 Å². The van der Waals surface area contributed by atoms with Crippen LogP contribution in [0.2, 0.25) is 0 Å². The molecule has 1 atom stereocenters. The van der Waals surface area contributed by atoms with Crippen molar-refractivity contribution in [3.8, 4) is 0 Å². The number of carboxylic acids is 1. The van der Waals surface area contributed by atoms with Gasteiger partial charge < -0.3 is 15.7 Å². The molecule has 0 saturated carbocycles. The van der Waals surface area contributed by atoms with Gasteiger partial charge in [-0.2, -0.15) is 5.10 Å². The molecule has 18 heavy (non-hydrogen) atoms. The molecule has 0 fully saturated rings. The minimum Gasteiger partial charge on any atom is -0.480 e. The van der Waals surface area contributed by atoms with Gasteiger partial charge in [-0.15, -0.1) is 0 Å². The average Bonchev–Trinajstić information content (AvgIpc) is 2.55. The molecule has 7 nitrogen and oxygen atoms in total. The van der Waals surface area contributed by atoms with Crippen molar-refractivity contribution >= 4 is 11.9 Å². The lowest BCUT2D eigenvalue weighted by Crippen LogP contribution is -2.46. The highest BCUT2D eigenvalue weighted by Gasteiger charge is 2.17. The molecule has 3 N–H and O–H groups in total. The highest BCUT2D eigenvalue weighted by atomic mass is 16.4. The Kier molecular flexibility index (Phi) is 4.85. The first-order valence-corrected chi connectivity index (χ1v) is 5.60. The fourth-order valence-corrected chi connectivity index (χ4v) is 1.62. The second-order valence-electron chi connectivity index (χ2n) is 4.14. The van der Waals surface area contributed by atoms with E-state index in [0.717, 1.165) is 11.3 Å². The van der Waals surface area contributed by atoms with E-state index in [0.29, 0.717) is 6.54 Å². The Morgan fingerprint density at radius 3 is 2.67 bits per heavy atom. The van der Waals surface area contributed by atoms with E-state index < -0.39 is 12.0 Å². The van der Waals surface area contributed by atoms with Crippen LogP contribution >= 0.6 is 0 Å². The van der Waals surface area contributed by atoms with Gasteiger partial charge in [0.25, 0.3) is 0 Å². The van der Waals surface area contributed by atoms with Crippen LogP contribution in [0.15, 0.2) is 6.20 Å². The zero-order chi connectivity index (χ0) is 13.7. The number of carboxylic acid groups (broad SMARTS) is 1. The molecular formula is C11H18N4O3. The number of aliphatic carboxylic acids is 1. The summed E-state index contributed by atoms with van der Waals surface area (Å²) < 4.78 is 1.70. The second-order valence-corrected chi connectivity index (χ2v) is 4.14. The number of aromatic nitrogens is 2. The number of carbonyl (C=O) groups excluding carboxylic acids is 1. The van der Waals surface area contributed by atoms with Crippen LogP contribution in [0.3, 0.4) is 0 Å². The van der Waals surface area contributed by atoms with E-state index in [1.54, 1.807) is 4.68 Å². The molecule has 0 radical (unpaired) electrons. The third-order valence-electron chi connectivity index (χ3n) is 2.45. The van der Waals surface area contributed by atoms with Crippen LogP contribution < -0.4 is 10.6 Å². The van der Waals surface area contributed by atoms with Crippen molar-refractivity contribution in [2.45, 2.75) is 26.4 Å². The van der Waals surface area contributed by atoms with Crippen molar-refractivity contribution in [1.29, 1.82) is 0 Å². The maximum Gasteiger partial charge on any atom is 0.327 e. The van der Waals surface area contributed by atoms with Crippen molar-refractivity contribution in [2.24, 2.45) is 7.05 Å². The van der Waals surface area contributed by atoms with Gasteiger partial charge in [-0.05, 0) is 6.92 Å². The van der Waals surface area contributed by atoms with Crippen molar-refractivity contribution in [2.75, 3.05) is 6.54 Å². The van der Waals surface area contributed by atoms with Gasteiger partial charge in [0, 0.05) is 38.8 Å². The number of hydrogen-bond donors (Lipinski definition) is 3. The van der Waals surface area contributed by atoms with E-state index in [-0.39, 0.29) is 12.5 Å². The smallest absolute Gasteiger partial charge is 0.327 e. The van der Waals surface area contributed by atoms with E-state index in [2.05, 4.69) is 15.7 Å². The predicted molar refractivity (Wildman–Crippen MR) is 64.9 cm³/mol. The number of amides is 1. The van der Waals surface area contributed by atoms with E-state index in [4.69, 9.17) is 5.11 Å². The Morgan fingerprint density at radius 1 is 1.56 bits per heavy atom. The topological polar surface area (TPSA) is 96.3 Å². The lowest BCUT2D eigenvalue weighted by molar-refractivity contribution is -0.141. The highest BCUT2D eigenvalue weighted by molar-refractivity contribution is 5.82. The van der Waals surface area contributed by atoms with Crippen LogP contribution in [-0.2, 0) is 23.2 Å². The largest absolute Gasteiger partial charge is 0.480 e. The minimum atomic E-state index is -1.05. The predicted octanol–water partition coefficient (Wildman–Crippen LogP) is -0.593. The summed E-state index contributed by atoms with van der Waals surface area (Å²) >= 11 is 0. The first kappa shape index (κ1) is 14.2. The SMILES string of the molecule is CC(=O)NC(CNCc1cn(C)nc1C)C(=O)O. The summed E-state index contributed by atoms with van der Waals surface area (Å²) in [6, 6.07) is -0.917. The van der Waals surface area contributed by atoms with Crippen molar-refractivity contribution in [3.05, 3.63) is 17.5 Å². The van der Waals surface area contributed by atoms with Crippen molar-refractivity contribution in [1.82, 2.24) is 20.4 Å². The minimum absolute atomic E-state index is 0.170. The molecule has 1 unspecified atom stereocenters. The third-order valence-corrected chi connectivity index (χ3v) is 2.45. The van der Waals surface area contributed by atoms with Gasteiger partial charge in [-0.3, -0.25) is 9.48 Å². The van der Waals surface area contributed by atoms with E-state index in [1.807, 2.05) is 20.2 Å². The summed E-state index contributed by atoms with van der Waals surface area (Å²) in [6.45, 7) is 3.87. The van der Waals surface area contributed by atoms with Crippen LogP contribution in [0.4, 0.5) is 0 Å². The number of nitrogens with zero attached hydrogens (tertiary/aromatic N) is 2. The Bertz CT molecular complexity index is 441. The summed E-state index contributed by atoms with van der Waals surface area (Å²) in [7, 11) is 1.83. The summed E-state index contributed by atoms with van der Waals surface area (Å²) in [5.74, 6) is -1.41. The monoisotopic (exact) mass is 254 g/mol. The summed E-state index contributed by atoms with van der Waals surface area (Å²) in [5, 5.41) is 18.4. The zero-order valence-corrected chi connectivity index (χ0v) is 10.7. The van der Waals surface area contributed by atoms with Gasteiger partial charge >= 0.3 is 5.97 Å². The van der Waals surface area contributed by atoms with Crippen LogP contribution in [0.1, 0.15) is 18.2 Å². The van der Waals surface area contributed by atoms with Crippen LogP contribution in [-0.4, -0.2) is 39.4 Å². The molecule has 1 aromatic rings. The first-order valence-electron chi connectivity index (χ1n) is 5.60. The molecule has 0 spiro atoms. The molecule has 100 valence electrons. The molecule has 0 bridgehead atoms. The molecule has 0 aliphatic carbocycles. The Balaban J connectivity index is 2.46. The normalized spacial score (nSPS) is 12.2. The maximum absolute atomic E-state index is 10.9. The summed E-state index contributed by atoms with van der Waals surface area (Å²) in [5.41, 5.74) is 1.90. The van der Waals surface area contributed by atoms with E-state index >= 15 is 0 Å². The molecule has 0 saturated heterocycles. The third kappa shape index (κ3) is 4.17. The van der Waals surface area contributed by atoms with E-state index in [1.165, 1.54) is 6.92 Å². The molecule has 1 aromatic heterocycles. The zero-order valence-electron chi connectivity index (χ0n) is 10.7. The van der Waals surface area contributed by atoms with Gasteiger partial charge in [0.05, 0.1) is 5.69 Å². The van der Waals surface area contributed by atoms with E-state index in [9.17, 15) is 9.59 Å². The quantitative estimate of drug-likeness (QED) is 0.630. The highest BCUT2D eigenvalue weighted by Crippen LogP contribution is 2.03. The lowest BCUT2D eigenvalue weighted by atomic mass is 10.2. The molecule has 0 aliphatic heterocycles. The van der Waals surface area contributed by atoms with Crippen LogP contribution in [0.5, 0.6) is 0 Å². The molecule has 0 aliphatic rings. The van der Waals surface area contributed by atoms with Gasteiger partial charge in [0.15, 0.2) is 0 Å². The van der Waals surface area contributed by atoms with Crippen molar-refractivity contribution < 1.29 is 14.7 Å².